The first kappa shape index (κ1) is 59.5. The van der Waals surface area contributed by atoms with E-state index in [0.717, 1.165) is 29.7 Å². The Hall–Kier alpha value is -2.78. The highest BCUT2D eigenvalue weighted by Gasteiger charge is 2.37. The second-order valence-electron chi connectivity index (χ2n) is 17.1. The zero-order valence-corrected chi connectivity index (χ0v) is 42.3. The normalized spacial score (nSPS) is 11.8. The number of benzene rings is 3. The average molecular weight is 953 g/mol. The Morgan fingerprint density at radius 1 is 0.235 bits per heavy atom. The Morgan fingerprint density at radius 2 is 0.441 bits per heavy atom. The maximum Gasteiger partial charge on any atom is 0.143 e. The first-order chi connectivity index (χ1) is 33.9. The van der Waals surface area contributed by atoms with Crippen LogP contribution < -0.4 is 0 Å². The van der Waals surface area contributed by atoms with Crippen molar-refractivity contribution in [3.8, 4) is 0 Å². The molecule has 0 aliphatic rings. The molecule has 3 aromatic rings. The highest BCUT2D eigenvalue weighted by molar-refractivity contribution is 5.47. The highest BCUT2D eigenvalue weighted by atomic mass is 16.6. The molecule has 386 valence electrons. The third-order valence-electron chi connectivity index (χ3n) is 11.6. The molecule has 11 heteroatoms. The van der Waals surface area contributed by atoms with Gasteiger partial charge < -0.3 is 52.1 Å². The number of unbranched alkanes of at least 4 members (excludes halogenated alkanes) is 15. The predicted molar refractivity (Wildman–Crippen MR) is 273 cm³/mol. The van der Waals surface area contributed by atoms with Gasteiger partial charge in [0.25, 0.3) is 0 Å². The summed E-state index contributed by atoms with van der Waals surface area (Å²) >= 11 is 0. The molecule has 11 nitrogen and oxygen atoms in total. The largest absolute Gasteiger partial charge is 0.379 e. The Labute approximate surface area is 412 Å². The Balaban J connectivity index is 0.960. The lowest BCUT2D eigenvalue weighted by atomic mass is 9.80. The van der Waals surface area contributed by atoms with Gasteiger partial charge in [-0.2, -0.15) is 0 Å². The molecule has 0 saturated heterocycles. The van der Waals surface area contributed by atoms with Gasteiger partial charge >= 0.3 is 0 Å². The van der Waals surface area contributed by atoms with E-state index in [1.54, 1.807) is 0 Å². The molecule has 0 aliphatic heterocycles. The van der Waals surface area contributed by atoms with Crippen LogP contribution in [0.3, 0.4) is 0 Å². The minimum absolute atomic E-state index is 0.418. The Kier molecular flexibility index (Phi) is 39.7. The molecule has 0 amide bonds. The molecule has 0 aromatic heterocycles. The molecule has 0 saturated carbocycles. The van der Waals surface area contributed by atoms with E-state index in [4.69, 9.17) is 52.1 Å². The molecule has 3 aromatic carbocycles. The van der Waals surface area contributed by atoms with Gasteiger partial charge in [0, 0.05) is 6.61 Å². The molecule has 0 atom stereocenters. The number of ether oxygens (including phenoxy) is 11. The zero-order chi connectivity index (χ0) is 47.8. The molecule has 0 spiro atoms. The van der Waals surface area contributed by atoms with E-state index in [2.05, 4.69) is 43.3 Å². The molecule has 0 radical (unpaired) electrons. The molecule has 0 N–H and O–H groups in total. The van der Waals surface area contributed by atoms with Crippen molar-refractivity contribution in [2.75, 3.05) is 139 Å². The number of hydrogen-bond acceptors (Lipinski definition) is 11. The summed E-state index contributed by atoms with van der Waals surface area (Å²) in [4.78, 5) is 0. The summed E-state index contributed by atoms with van der Waals surface area (Å²) in [6.45, 7) is 13.5. The van der Waals surface area contributed by atoms with Gasteiger partial charge in [-0.3, -0.25) is 0 Å². The molecular weight excluding hydrogens is 861 g/mol. The van der Waals surface area contributed by atoms with Crippen molar-refractivity contribution in [1.29, 1.82) is 0 Å². The fourth-order valence-electron chi connectivity index (χ4n) is 7.86. The predicted octanol–water partition coefficient (Wildman–Crippen LogP) is 11.4. The second kappa shape index (κ2) is 45.4. The van der Waals surface area contributed by atoms with E-state index in [1.165, 1.54) is 96.3 Å². The van der Waals surface area contributed by atoms with Crippen LogP contribution in [0, 0.1) is 0 Å². The van der Waals surface area contributed by atoms with Gasteiger partial charge in [-0.1, -0.05) is 194 Å². The van der Waals surface area contributed by atoms with Crippen molar-refractivity contribution >= 4 is 0 Å². The smallest absolute Gasteiger partial charge is 0.143 e. The van der Waals surface area contributed by atoms with Crippen molar-refractivity contribution in [2.45, 2.75) is 115 Å². The van der Waals surface area contributed by atoms with Crippen molar-refractivity contribution in [3.05, 3.63) is 108 Å². The van der Waals surface area contributed by atoms with E-state index >= 15 is 0 Å². The second-order valence-corrected chi connectivity index (χ2v) is 17.1. The van der Waals surface area contributed by atoms with E-state index in [1.807, 2.05) is 54.6 Å². The SMILES string of the molecule is CCCCCCCCCCCCCCCCCCOCCOCCOCCOCCOCCOCCOCCOCCOCCOCCOC(c1ccccc1)(c1ccccc1)c1ccccc1. The molecule has 0 fully saturated rings. The van der Waals surface area contributed by atoms with Crippen LogP contribution in [0.25, 0.3) is 0 Å². The highest BCUT2D eigenvalue weighted by Crippen LogP contribution is 2.40. The van der Waals surface area contributed by atoms with E-state index in [0.29, 0.717) is 132 Å². The van der Waals surface area contributed by atoms with Crippen LogP contribution in [0.4, 0.5) is 0 Å². The maximum absolute atomic E-state index is 6.75. The van der Waals surface area contributed by atoms with Crippen LogP contribution in [-0.2, 0) is 57.7 Å². The lowest BCUT2D eigenvalue weighted by Gasteiger charge is -2.36. The lowest BCUT2D eigenvalue weighted by molar-refractivity contribution is -0.0399. The van der Waals surface area contributed by atoms with Crippen LogP contribution in [0.2, 0.25) is 0 Å². The van der Waals surface area contributed by atoms with Gasteiger partial charge in [0.1, 0.15) is 5.60 Å². The van der Waals surface area contributed by atoms with Crippen LogP contribution in [0.15, 0.2) is 91.0 Å². The zero-order valence-electron chi connectivity index (χ0n) is 42.3. The van der Waals surface area contributed by atoms with E-state index < -0.39 is 5.60 Å². The molecule has 0 bridgehead atoms. The first-order valence-corrected chi connectivity index (χ1v) is 26.5. The van der Waals surface area contributed by atoms with E-state index in [9.17, 15) is 0 Å². The van der Waals surface area contributed by atoms with Gasteiger partial charge in [-0.25, -0.2) is 0 Å². The van der Waals surface area contributed by atoms with Crippen LogP contribution in [-0.4, -0.2) is 139 Å². The summed E-state index contributed by atoms with van der Waals surface area (Å²) in [5.41, 5.74) is 2.46. The summed E-state index contributed by atoms with van der Waals surface area (Å²) in [6.07, 6.45) is 22.2. The number of hydrogen-bond donors (Lipinski definition) is 0. The summed E-state index contributed by atoms with van der Waals surface area (Å²) in [6, 6.07) is 31.1. The third kappa shape index (κ3) is 30.7. The fraction of sp³-hybridized carbons (Fsp3) is 0.684. The summed E-state index contributed by atoms with van der Waals surface area (Å²) in [5.74, 6) is 0. The minimum Gasteiger partial charge on any atom is -0.379 e. The van der Waals surface area contributed by atoms with Crippen molar-refractivity contribution in [2.24, 2.45) is 0 Å². The van der Waals surface area contributed by atoms with Gasteiger partial charge in [0.15, 0.2) is 0 Å². The number of rotatable bonds is 51. The summed E-state index contributed by atoms with van der Waals surface area (Å²) in [7, 11) is 0. The fourth-order valence-corrected chi connectivity index (χ4v) is 7.86. The third-order valence-corrected chi connectivity index (χ3v) is 11.6. The van der Waals surface area contributed by atoms with Crippen molar-refractivity contribution in [3.63, 3.8) is 0 Å². The van der Waals surface area contributed by atoms with Crippen molar-refractivity contribution < 1.29 is 52.1 Å². The maximum atomic E-state index is 6.75. The molecule has 3 rings (SSSR count). The first-order valence-electron chi connectivity index (χ1n) is 26.5. The molecule has 0 unspecified atom stereocenters. The van der Waals surface area contributed by atoms with Gasteiger partial charge in [0.2, 0.25) is 0 Å². The molecule has 68 heavy (non-hydrogen) atoms. The molecular formula is C57H92O11. The lowest BCUT2D eigenvalue weighted by Crippen LogP contribution is -2.34. The van der Waals surface area contributed by atoms with Gasteiger partial charge in [0.05, 0.1) is 132 Å². The monoisotopic (exact) mass is 953 g/mol. The molecule has 0 heterocycles. The topological polar surface area (TPSA) is 102 Å². The van der Waals surface area contributed by atoms with Gasteiger partial charge in [-0.15, -0.1) is 0 Å². The Bertz CT molecular complexity index is 1350. The standard InChI is InChI=1S/C57H92O11/c1-2-3-4-5-6-7-8-9-10-11-12-13-14-15-16-26-33-58-34-35-59-36-37-60-38-39-61-40-41-62-42-43-63-44-45-64-46-47-65-48-49-66-50-51-67-52-53-68-57(54-27-20-17-21-28-54,55-29-22-18-23-30-55)56-31-24-19-25-32-56/h17-25,27-32H,2-16,26,33-53H2,1H3. The van der Waals surface area contributed by atoms with Gasteiger partial charge in [-0.05, 0) is 23.1 Å². The van der Waals surface area contributed by atoms with Crippen LogP contribution in [0.1, 0.15) is 126 Å². The summed E-state index contributed by atoms with van der Waals surface area (Å²) in [5, 5.41) is 0. The van der Waals surface area contributed by atoms with Crippen LogP contribution in [0.5, 0.6) is 0 Å². The van der Waals surface area contributed by atoms with Crippen molar-refractivity contribution in [1.82, 2.24) is 0 Å². The minimum atomic E-state index is -0.751. The van der Waals surface area contributed by atoms with E-state index in [-0.39, 0.29) is 0 Å². The summed E-state index contributed by atoms with van der Waals surface area (Å²) < 4.78 is 63.1. The van der Waals surface area contributed by atoms with Crippen LogP contribution >= 0.6 is 0 Å². The Morgan fingerprint density at radius 3 is 0.691 bits per heavy atom. The quantitative estimate of drug-likeness (QED) is 0.0399. The molecule has 0 aliphatic carbocycles. The average Bonchev–Trinajstić information content (AvgIpc) is 3.38.